The zero-order valence-electron chi connectivity index (χ0n) is 30.9. The van der Waals surface area contributed by atoms with Crippen molar-refractivity contribution < 1.29 is 23.5 Å². The first-order valence-corrected chi connectivity index (χ1v) is 18.4. The molecule has 9 nitrogen and oxygen atoms in total. The standard InChI is InChI=1S/C43H48FN5O4/c1-43(2,3)53-42(51)49-20-18-35(19-21-49)48-24-22-47(23-25-48)34-15-12-29(13-16-34)30-9-7-10-32(26-30)41(50)46-40(36-28-33(44)14-17-39(36)52-4)38-27-31-8-5-6-11-37(31)45-38/h5-17,26-28,35,40,45H,18-25H2,1-4H3,(H,46,50)/t40-/m1/s1. The molecule has 4 aromatic carbocycles. The Morgan fingerprint density at radius 2 is 1.57 bits per heavy atom. The predicted molar refractivity (Wildman–Crippen MR) is 207 cm³/mol. The number of nitrogens with zero attached hydrogens (tertiary/aromatic N) is 3. The van der Waals surface area contributed by atoms with Gasteiger partial charge in [0.1, 0.15) is 17.2 Å². The number of benzene rings is 4. The van der Waals surface area contributed by atoms with E-state index in [0.717, 1.165) is 79.8 Å². The van der Waals surface area contributed by atoms with Crippen LogP contribution in [0.25, 0.3) is 22.0 Å². The summed E-state index contributed by atoms with van der Waals surface area (Å²) in [6.45, 7) is 11.0. The van der Waals surface area contributed by atoms with E-state index in [4.69, 9.17) is 9.47 Å². The second kappa shape index (κ2) is 15.3. The quantitative estimate of drug-likeness (QED) is 0.169. The molecule has 2 saturated heterocycles. The number of likely N-dealkylation sites (tertiary alicyclic amines) is 1. The minimum atomic E-state index is -0.686. The Hall–Kier alpha value is -5.35. The molecule has 5 aromatic rings. The molecule has 0 saturated carbocycles. The number of H-pyrrole nitrogens is 1. The van der Waals surface area contributed by atoms with E-state index in [1.807, 2.05) is 74.2 Å². The van der Waals surface area contributed by atoms with Gasteiger partial charge in [-0.1, -0.05) is 42.5 Å². The van der Waals surface area contributed by atoms with Gasteiger partial charge in [0, 0.05) is 73.3 Å². The summed E-state index contributed by atoms with van der Waals surface area (Å²) in [4.78, 5) is 36.6. The van der Waals surface area contributed by atoms with Crippen LogP contribution in [0.15, 0.2) is 97.1 Å². The van der Waals surface area contributed by atoms with Gasteiger partial charge in [-0.2, -0.15) is 0 Å². The van der Waals surface area contributed by atoms with Crippen LogP contribution in [0.5, 0.6) is 5.75 Å². The third-order valence-electron chi connectivity index (χ3n) is 10.3. The van der Waals surface area contributed by atoms with Crippen LogP contribution in [0.2, 0.25) is 0 Å². The molecule has 53 heavy (non-hydrogen) atoms. The van der Waals surface area contributed by atoms with Gasteiger partial charge in [-0.05, 0) is 105 Å². The summed E-state index contributed by atoms with van der Waals surface area (Å²) in [7, 11) is 1.54. The Labute approximate surface area is 310 Å². The van der Waals surface area contributed by atoms with Gasteiger partial charge < -0.3 is 29.6 Å². The van der Waals surface area contributed by atoms with Crippen molar-refractivity contribution in [2.24, 2.45) is 0 Å². The monoisotopic (exact) mass is 717 g/mol. The van der Waals surface area contributed by atoms with Crippen LogP contribution in [0.4, 0.5) is 14.9 Å². The summed E-state index contributed by atoms with van der Waals surface area (Å²) in [6, 6.07) is 30.1. The van der Waals surface area contributed by atoms with Crippen molar-refractivity contribution >= 4 is 28.6 Å². The lowest BCUT2D eigenvalue weighted by atomic mass is 9.99. The molecule has 10 heteroatoms. The smallest absolute Gasteiger partial charge is 0.410 e. The van der Waals surface area contributed by atoms with Crippen molar-refractivity contribution in [2.45, 2.75) is 51.3 Å². The number of ether oxygens (including phenoxy) is 2. The third kappa shape index (κ3) is 8.33. The number of hydrogen-bond acceptors (Lipinski definition) is 6. The van der Waals surface area contributed by atoms with Crippen molar-refractivity contribution in [3.05, 3.63) is 120 Å². The highest BCUT2D eigenvalue weighted by molar-refractivity contribution is 5.96. The van der Waals surface area contributed by atoms with Gasteiger partial charge in [-0.3, -0.25) is 9.69 Å². The maximum atomic E-state index is 14.6. The lowest BCUT2D eigenvalue weighted by molar-refractivity contribution is 0.0140. The van der Waals surface area contributed by atoms with Crippen molar-refractivity contribution in [1.82, 2.24) is 20.1 Å². The van der Waals surface area contributed by atoms with Crippen LogP contribution in [-0.4, -0.2) is 84.8 Å². The number of rotatable bonds is 8. The number of aromatic nitrogens is 1. The van der Waals surface area contributed by atoms with Crippen LogP contribution >= 0.6 is 0 Å². The van der Waals surface area contributed by atoms with Crippen LogP contribution in [-0.2, 0) is 4.74 Å². The van der Waals surface area contributed by atoms with E-state index in [2.05, 4.69) is 44.4 Å². The second-order valence-corrected chi connectivity index (χ2v) is 15.0. The number of anilines is 1. The van der Waals surface area contributed by atoms with Crippen molar-refractivity contribution in [3.8, 4) is 16.9 Å². The molecule has 0 aliphatic carbocycles. The average molecular weight is 718 g/mol. The first-order valence-electron chi connectivity index (χ1n) is 18.4. The average Bonchev–Trinajstić information content (AvgIpc) is 3.61. The van der Waals surface area contributed by atoms with Gasteiger partial charge in [-0.25, -0.2) is 9.18 Å². The number of amides is 2. The van der Waals surface area contributed by atoms with Crippen molar-refractivity contribution in [3.63, 3.8) is 0 Å². The fraction of sp³-hybridized carbons (Fsp3) is 0.349. The summed E-state index contributed by atoms with van der Waals surface area (Å²) < 4.78 is 25.7. The number of halogens is 1. The van der Waals surface area contributed by atoms with Gasteiger partial charge in [0.05, 0.1) is 13.2 Å². The molecular weight excluding hydrogens is 670 g/mol. The highest BCUT2D eigenvalue weighted by Gasteiger charge is 2.31. The molecule has 7 rings (SSSR count). The maximum absolute atomic E-state index is 14.6. The van der Waals surface area contributed by atoms with Crippen LogP contribution in [0.3, 0.4) is 0 Å². The van der Waals surface area contributed by atoms with Crippen molar-refractivity contribution in [1.29, 1.82) is 0 Å². The van der Waals surface area contributed by atoms with E-state index >= 15 is 0 Å². The summed E-state index contributed by atoms with van der Waals surface area (Å²) in [5.41, 5.74) is 5.29. The van der Waals surface area contributed by atoms with Gasteiger partial charge in [0.25, 0.3) is 5.91 Å². The van der Waals surface area contributed by atoms with E-state index in [0.29, 0.717) is 22.9 Å². The van der Waals surface area contributed by atoms with E-state index in [1.54, 1.807) is 12.1 Å². The molecule has 0 radical (unpaired) electrons. The Morgan fingerprint density at radius 3 is 2.26 bits per heavy atom. The first kappa shape index (κ1) is 36.0. The number of carbonyl (C=O) groups excluding carboxylic acids is 2. The topological polar surface area (TPSA) is 90.1 Å². The molecule has 2 amide bonds. The highest BCUT2D eigenvalue weighted by atomic mass is 19.1. The lowest BCUT2D eigenvalue weighted by Crippen LogP contribution is -2.54. The minimum absolute atomic E-state index is 0.212. The number of nitrogens with one attached hydrogen (secondary N) is 2. The fourth-order valence-electron chi connectivity index (χ4n) is 7.51. The van der Waals surface area contributed by atoms with Gasteiger partial charge in [0.15, 0.2) is 0 Å². The molecule has 2 fully saturated rings. The van der Waals surface area contributed by atoms with Crippen LogP contribution < -0.4 is 15.0 Å². The SMILES string of the molecule is COc1ccc(F)cc1[C@@H](NC(=O)c1cccc(-c2ccc(N3CCN(C4CCN(C(=O)OC(C)(C)C)CC4)CC3)cc2)c1)c1cc2ccccc2[nH]1. The highest BCUT2D eigenvalue weighted by Crippen LogP contribution is 2.33. The molecule has 2 N–H and O–H groups in total. The number of piperidine rings is 1. The Kier molecular flexibility index (Phi) is 10.4. The number of piperazine rings is 1. The zero-order chi connectivity index (χ0) is 37.1. The molecule has 3 heterocycles. The largest absolute Gasteiger partial charge is 0.496 e. The molecule has 2 aliphatic rings. The number of hydrogen-bond donors (Lipinski definition) is 2. The summed E-state index contributed by atoms with van der Waals surface area (Å²) in [6.07, 6.45) is 1.72. The second-order valence-electron chi connectivity index (χ2n) is 15.0. The molecule has 1 aromatic heterocycles. The van der Waals surface area contributed by atoms with Gasteiger partial charge in [-0.15, -0.1) is 0 Å². The lowest BCUT2D eigenvalue weighted by Gasteiger charge is -2.43. The number of aromatic amines is 1. The first-order chi connectivity index (χ1) is 25.5. The number of para-hydroxylation sites is 1. The maximum Gasteiger partial charge on any atom is 0.410 e. The molecule has 1 atom stereocenters. The summed E-state index contributed by atoms with van der Waals surface area (Å²) in [5, 5.41) is 4.14. The summed E-state index contributed by atoms with van der Waals surface area (Å²) in [5.74, 6) is -0.223. The van der Waals surface area contributed by atoms with Crippen LogP contribution in [0.1, 0.15) is 61.3 Å². The molecule has 276 valence electrons. The molecule has 0 bridgehead atoms. The van der Waals surface area contributed by atoms with Crippen molar-refractivity contribution in [2.75, 3.05) is 51.3 Å². The molecular formula is C43H48FN5O4. The number of fused-ring (bicyclic) bond motifs is 1. The van der Waals surface area contributed by atoms with E-state index in [1.165, 1.54) is 24.9 Å². The molecule has 0 unspecified atom stereocenters. The third-order valence-corrected chi connectivity index (χ3v) is 10.3. The fourth-order valence-corrected chi connectivity index (χ4v) is 7.51. The zero-order valence-corrected chi connectivity index (χ0v) is 30.9. The minimum Gasteiger partial charge on any atom is -0.496 e. The van der Waals surface area contributed by atoms with E-state index in [9.17, 15) is 14.0 Å². The Morgan fingerprint density at radius 1 is 0.830 bits per heavy atom. The van der Waals surface area contributed by atoms with E-state index in [-0.39, 0.29) is 12.0 Å². The normalized spacial score (nSPS) is 16.4. The molecule has 0 spiro atoms. The summed E-state index contributed by atoms with van der Waals surface area (Å²) >= 11 is 0. The predicted octanol–water partition coefficient (Wildman–Crippen LogP) is 8.02. The van der Waals surface area contributed by atoms with Crippen LogP contribution in [0, 0.1) is 5.82 Å². The van der Waals surface area contributed by atoms with Gasteiger partial charge in [0.2, 0.25) is 0 Å². The Balaban J connectivity index is 0.997. The number of carbonyl (C=O) groups is 2. The number of methoxy groups -OCH3 is 1. The van der Waals surface area contributed by atoms with E-state index < -0.39 is 17.5 Å². The Bertz CT molecular complexity index is 2020. The molecule has 2 aliphatic heterocycles. The van der Waals surface area contributed by atoms with Gasteiger partial charge >= 0.3 is 6.09 Å².